The summed E-state index contributed by atoms with van der Waals surface area (Å²) < 4.78 is 27.0. The molecule has 0 aromatic rings. The molecule has 2 aliphatic heterocycles. The molecule has 2 fully saturated rings. The Morgan fingerprint density at radius 2 is 2.21 bits per heavy atom. The standard InChI is InChI=1S/C13H26N2O2S2/c1-13(7-4-9-18-13)11-15-19(16,17)10-6-12-5-2-3-8-14-12/h12,14-15H,2-11H2,1H3. The van der Waals surface area contributed by atoms with Gasteiger partial charge in [0.2, 0.25) is 10.0 Å². The third-order valence-electron chi connectivity index (χ3n) is 4.11. The van der Waals surface area contributed by atoms with Gasteiger partial charge in [-0.2, -0.15) is 11.8 Å². The van der Waals surface area contributed by atoms with E-state index in [0.29, 0.717) is 12.6 Å². The van der Waals surface area contributed by atoms with Gasteiger partial charge in [-0.1, -0.05) is 6.42 Å². The molecule has 2 N–H and O–H groups in total. The van der Waals surface area contributed by atoms with Crippen LogP contribution in [0.4, 0.5) is 0 Å². The summed E-state index contributed by atoms with van der Waals surface area (Å²) in [5.74, 6) is 1.41. The predicted molar refractivity (Wildman–Crippen MR) is 82.1 cm³/mol. The van der Waals surface area contributed by atoms with Gasteiger partial charge >= 0.3 is 0 Å². The maximum atomic E-state index is 12.0. The van der Waals surface area contributed by atoms with Crippen LogP contribution in [0.15, 0.2) is 0 Å². The van der Waals surface area contributed by atoms with Crippen molar-refractivity contribution >= 4 is 21.8 Å². The van der Waals surface area contributed by atoms with Crippen LogP contribution >= 0.6 is 11.8 Å². The Labute approximate surface area is 121 Å². The van der Waals surface area contributed by atoms with Crippen LogP contribution in [0.25, 0.3) is 0 Å². The van der Waals surface area contributed by atoms with E-state index in [-0.39, 0.29) is 10.5 Å². The molecule has 0 spiro atoms. The van der Waals surface area contributed by atoms with Gasteiger partial charge in [-0.05, 0) is 51.3 Å². The highest BCUT2D eigenvalue weighted by Crippen LogP contribution is 2.37. The van der Waals surface area contributed by atoms with Crippen LogP contribution in [0, 0.1) is 0 Å². The van der Waals surface area contributed by atoms with E-state index in [9.17, 15) is 8.42 Å². The first-order valence-corrected chi connectivity index (χ1v) is 9.98. The van der Waals surface area contributed by atoms with E-state index in [1.807, 2.05) is 11.8 Å². The molecule has 6 heteroatoms. The second-order valence-electron chi connectivity index (χ2n) is 5.98. The van der Waals surface area contributed by atoms with Crippen molar-refractivity contribution in [2.24, 2.45) is 0 Å². The Hall–Kier alpha value is 0.220. The second kappa shape index (κ2) is 6.78. The van der Waals surface area contributed by atoms with E-state index in [1.54, 1.807) is 0 Å². The van der Waals surface area contributed by atoms with E-state index >= 15 is 0 Å². The molecule has 0 saturated carbocycles. The number of piperidine rings is 1. The zero-order valence-electron chi connectivity index (χ0n) is 11.8. The highest BCUT2D eigenvalue weighted by molar-refractivity contribution is 8.01. The lowest BCUT2D eigenvalue weighted by Crippen LogP contribution is -2.40. The lowest BCUT2D eigenvalue weighted by molar-refractivity contribution is 0.392. The fourth-order valence-corrected chi connectivity index (χ4v) is 5.39. The topological polar surface area (TPSA) is 58.2 Å². The number of hydrogen-bond acceptors (Lipinski definition) is 4. The zero-order chi connectivity index (χ0) is 13.8. The van der Waals surface area contributed by atoms with E-state index in [0.717, 1.165) is 31.6 Å². The molecule has 2 unspecified atom stereocenters. The van der Waals surface area contributed by atoms with Crippen LogP contribution in [-0.2, 0) is 10.0 Å². The lowest BCUT2D eigenvalue weighted by Gasteiger charge is -2.25. The molecule has 2 saturated heterocycles. The maximum absolute atomic E-state index is 12.0. The van der Waals surface area contributed by atoms with Crippen molar-refractivity contribution in [1.82, 2.24) is 10.0 Å². The van der Waals surface area contributed by atoms with Crippen LogP contribution in [0.5, 0.6) is 0 Å². The Morgan fingerprint density at radius 3 is 2.84 bits per heavy atom. The monoisotopic (exact) mass is 306 g/mol. The van der Waals surface area contributed by atoms with Gasteiger partial charge in [-0.3, -0.25) is 0 Å². The minimum absolute atomic E-state index is 0.107. The molecule has 0 bridgehead atoms. The number of hydrogen-bond donors (Lipinski definition) is 2. The Balaban J connectivity index is 1.72. The summed E-state index contributed by atoms with van der Waals surface area (Å²) >= 11 is 1.89. The largest absolute Gasteiger partial charge is 0.314 e. The third-order valence-corrected chi connectivity index (χ3v) is 7.01. The molecule has 2 rings (SSSR count). The zero-order valence-corrected chi connectivity index (χ0v) is 13.4. The first-order valence-electron chi connectivity index (χ1n) is 7.34. The molecule has 0 aliphatic carbocycles. The number of nitrogens with one attached hydrogen (secondary N) is 2. The van der Waals surface area contributed by atoms with Crippen LogP contribution in [0.1, 0.15) is 45.4 Å². The minimum Gasteiger partial charge on any atom is -0.314 e. The molecule has 19 heavy (non-hydrogen) atoms. The van der Waals surface area contributed by atoms with Gasteiger partial charge in [0.1, 0.15) is 0 Å². The molecular formula is C13H26N2O2S2. The van der Waals surface area contributed by atoms with Crippen molar-refractivity contribution in [2.45, 2.75) is 56.2 Å². The van der Waals surface area contributed by atoms with Crippen LogP contribution in [-0.4, -0.2) is 43.8 Å². The summed E-state index contributed by atoms with van der Waals surface area (Å²) in [6.45, 7) is 3.78. The second-order valence-corrected chi connectivity index (χ2v) is 9.59. The van der Waals surface area contributed by atoms with Crippen LogP contribution in [0.2, 0.25) is 0 Å². The van der Waals surface area contributed by atoms with Crippen LogP contribution < -0.4 is 10.0 Å². The normalized spacial score (nSPS) is 32.6. The molecule has 0 radical (unpaired) electrons. The Kier molecular flexibility index (Phi) is 5.57. The first kappa shape index (κ1) is 15.6. The number of rotatable bonds is 6. The van der Waals surface area contributed by atoms with E-state index in [1.165, 1.54) is 19.3 Å². The van der Waals surface area contributed by atoms with Crippen molar-refractivity contribution in [1.29, 1.82) is 0 Å². The molecule has 2 atom stereocenters. The molecule has 2 aliphatic rings. The molecular weight excluding hydrogens is 280 g/mol. The smallest absolute Gasteiger partial charge is 0.211 e. The molecule has 2 heterocycles. The summed E-state index contributed by atoms with van der Waals surface area (Å²) in [5.41, 5.74) is 0. The molecule has 0 amide bonds. The van der Waals surface area contributed by atoms with Gasteiger partial charge in [-0.15, -0.1) is 0 Å². The molecule has 4 nitrogen and oxygen atoms in total. The summed E-state index contributed by atoms with van der Waals surface area (Å²) in [4.78, 5) is 0. The van der Waals surface area contributed by atoms with Gasteiger partial charge in [0, 0.05) is 17.3 Å². The van der Waals surface area contributed by atoms with Gasteiger partial charge in [0.25, 0.3) is 0 Å². The maximum Gasteiger partial charge on any atom is 0.211 e. The number of sulfonamides is 1. The van der Waals surface area contributed by atoms with Crippen molar-refractivity contribution in [2.75, 3.05) is 24.6 Å². The summed E-state index contributed by atoms with van der Waals surface area (Å²) in [6, 6.07) is 0.391. The van der Waals surface area contributed by atoms with E-state index < -0.39 is 10.0 Å². The predicted octanol–water partition coefficient (Wildman–Crippen LogP) is 1.72. The summed E-state index contributed by atoms with van der Waals surface area (Å²) in [5, 5.41) is 3.40. The third kappa shape index (κ3) is 5.25. The van der Waals surface area contributed by atoms with Crippen LogP contribution in [0.3, 0.4) is 0 Å². The molecule has 112 valence electrons. The van der Waals surface area contributed by atoms with Crippen molar-refractivity contribution in [3.05, 3.63) is 0 Å². The highest BCUT2D eigenvalue weighted by Gasteiger charge is 2.30. The van der Waals surface area contributed by atoms with Crippen molar-refractivity contribution in [3.63, 3.8) is 0 Å². The number of thioether (sulfide) groups is 1. The highest BCUT2D eigenvalue weighted by atomic mass is 32.2. The van der Waals surface area contributed by atoms with E-state index in [2.05, 4.69) is 17.0 Å². The fraction of sp³-hybridized carbons (Fsp3) is 1.00. The summed E-state index contributed by atoms with van der Waals surface area (Å²) in [6.07, 6.45) is 6.61. The summed E-state index contributed by atoms with van der Waals surface area (Å²) in [7, 11) is -3.11. The van der Waals surface area contributed by atoms with Gasteiger partial charge < -0.3 is 5.32 Å². The molecule has 0 aromatic carbocycles. The Bertz CT molecular complexity index is 372. The van der Waals surface area contributed by atoms with Gasteiger partial charge in [-0.25, -0.2) is 13.1 Å². The SMILES string of the molecule is CC1(CNS(=O)(=O)CCC2CCCCN2)CCCS1. The minimum atomic E-state index is -3.11. The van der Waals surface area contributed by atoms with Crippen molar-refractivity contribution in [3.8, 4) is 0 Å². The first-order chi connectivity index (χ1) is 8.99. The van der Waals surface area contributed by atoms with Gasteiger partial charge in [0.15, 0.2) is 0 Å². The lowest BCUT2D eigenvalue weighted by atomic mass is 10.0. The average Bonchev–Trinajstić information content (AvgIpc) is 2.84. The van der Waals surface area contributed by atoms with E-state index in [4.69, 9.17) is 0 Å². The Morgan fingerprint density at radius 1 is 1.37 bits per heavy atom. The fourth-order valence-electron chi connectivity index (χ4n) is 2.78. The van der Waals surface area contributed by atoms with Crippen molar-refractivity contribution < 1.29 is 8.42 Å². The molecule has 0 aromatic heterocycles. The quantitative estimate of drug-likeness (QED) is 0.784. The average molecular weight is 306 g/mol. The van der Waals surface area contributed by atoms with Gasteiger partial charge in [0.05, 0.1) is 5.75 Å².